The van der Waals surface area contributed by atoms with E-state index in [9.17, 15) is 4.79 Å². The third-order valence-corrected chi connectivity index (χ3v) is 7.50. The monoisotopic (exact) mass is 467 g/mol. The van der Waals surface area contributed by atoms with E-state index in [1.54, 1.807) is 0 Å². The lowest BCUT2D eigenvalue weighted by atomic mass is 10.1. The number of aryl methyl sites for hydroxylation is 2. The largest absolute Gasteiger partial charge is 0.379 e. The fourth-order valence-corrected chi connectivity index (χ4v) is 5.53. The summed E-state index contributed by atoms with van der Waals surface area (Å²) in [5.41, 5.74) is 4.34. The van der Waals surface area contributed by atoms with Crippen molar-refractivity contribution < 1.29 is 9.53 Å². The number of fused-ring (bicyclic) bond motifs is 1. The molecule has 1 amide bonds. The van der Waals surface area contributed by atoms with Crippen LogP contribution in [0, 0.1) is 13.8 Å². The van der Waals surface area contributed by atoms with Gasteiger partial charge in [0.15, 0.2) is 5.13 Å². The Morgan fingerprint density at radius 2 is 1.94 bits per heavy atom. The van der Waals surface area contributed by atoms with Crippen molar-refractivity contribution in [3.05, 3.63) is 63.1 Å². The third kappa shape index (κ3) is 4.61. The molecule has 9 heteroatoms. The number of ether oxygens (including phenoxy) is 1. The topological polar surface area (TPSA) is 72.3 Å². The fraction of sp³-hybridized carbons (Fsp3) is 0.348. The molecule has 166 valence electrons. The van der Waals surface area contributed by atoms with Gasteiger partial charge < -0.3 is 4.74 Å². The van der Waals surface area contributed by atoms with Gasteiger partial charge in [0.2, 0.25) is 0 Å². The van der Waals surface area contributed by atoms with E-state index in [1.165, 1.54) is 33.8 Å². The molecule has 0 unspecified atom stereocenters. The maximum Gasteiger partial charge on any atom is 0.267 e. The molecule has 1 aliphatic rings. The predicted octanol–water partition coefficient (Wildman–Crippen LogP) is 4.30. The van der Waals surface area contributed by atoms with Gasteiger partial charge in [-0.1, -0.05) is 29.8 Å². The Hall–Kier alpha value is -2.59. The number of carbonyl (C=O) groups excluding carboxylic acids is 1. The predicted molar refractivity (Wildman–Crippen MR) is 129 cm³/mol. The summed E-state index contributed by atoms with van der Waals surface area (Å²) in [6, 6.07) is 10.4. The van der Waals surface area contributed by atoms with Crippen molar-refractivity contribution in [2.24, 2.45) is 0 Å². The van der Waals surface area contributed by atoms with Crippen LogP contribution in [0.2, 0.25) is 0 Å². The van der Waals surface area contributed by atoms with Crippen molar-refractivity contribution in [2.45, 2.75) is 26.9 Å². The molecule has 1 saturated heterocycles. The van der Waals surface area contributed by atoms with Crippen molar-refractivity contribution in [1.29, 1.82) is 0 Å². The molecule has 1 fully saturated rings. The van der Waals surface area contributed by atoms with E-state index < -0.39 is 0 Å². The number of morpholine rings is 1. The number of nitrogens with zero attached hydrogens (tertiary/aromatic N) is 4. The number of carbonyl (C=O) groups is 1. The smallest absolute Gasteiger partial charge is 0.267 e. The molecule has 4 heterocycles. The number of amides is 1. The Kier molecular flexibility index (Phi) is 6.05. The van der Waals surface area contributed by atoms with E-state index in [1.807, 2.05) is 23.1 Å². The normalized spacial score (nSPS) is 14.8. The van der Waals surface area contributed by atoms with E-state index in [4.69, 9.17) is 4.74 Å². The van der Waals surface area contributed by atoms with Crippen LogP contribution in [0.15, 0.2) is 35.7 Å². The second-order valence-electron chi connectivity index (χ2n) is 8.04. The van der Waals surface area contributed by atoms with Crippen LogP contribution in [-0.4, -0.2) is 51.9 Å². The second-order valence-corrected chi connectivity index (χ2v) is 9.93. The lowest BCUT2D eigenvalue weighted by molar-refractivity contribution is 0.0337. The number of nitrogens with one attached hydrogen (secondary N) is 1. The molecule has 32 heavy (non-hydrogen) atoms. The fourth-order valence-electron chi connectivity index (χ4n) is 3.78. The molecule has 0 radical (unpaired) electrons. The van der Waals surface area contributed by atoms with Gasteiger partial charge in [-0.15, -0.1) is 22.7 Å². The summed E-state index contributed by atoms with van der Waals surface area (Å²) in [5.74, 6) is -0.125. The van der Waals surface area contributed by atoms with Gasteiger partial charge in [0.25, 0.3) is 5.91 Å². The second kappa shape index (κ2) is 9.11. The molecular weight excluding hydrogens is 442 g/mol. The summed E-state index contributed by atoms with van der Waals surface area (Å²) in [4.78, 5) is 21.5. The zero-order chi connectivity index (χ0) is 22.1. The summed E-state index contributed by atoms with van der Waals surface area (Å²) in [7, 11) is 0. The van der Waals surface area contributed by atoms with Gasteiger partial charge in [0.05, 0.1) is 36.0 Å². The van der Waals surface area contributed by atoms with Gasteiger partial charge in [0, 0.05) is 30.4 Å². The number of benzene rings is 1. The van der Waals surface area contributed by atoms with E-state index in [2.05, 4.69) is 51.5 Å². The van der Waals surface area contributed by atoms with Crippen molar-refractivity contribution >= 4 is 43.9 Å². The van der Waals surface area contributed by atoms with Crippen LogP contribution < -0.4 is 5.32 Å². The SMILES string of the molecule is Cc1ccc(Cn2nc(C)c3cc(C(=O)Nc4nc(CN5CCOCC5)cs4)sc32)cc1. The van der Waals surface area contributed by atoms with E-state index in [-0.39, 0.29) is 5.91 Å². The Balaban J connectivity index is 1.29. The maximum atomic E-state index is 12.9. The number of rotatable bonds is 6. The van der Waals surface area contributed by atoms with Gasteiger partial charge in [-0.3, -0.25) is 19.7 Å². The Bertz CT molecular complexity index is 1240. The molecule has 0 saturated carbocycles. The molecule has 0 atom stereocenters. The van der Waals surface area contributed by atoms with E-state index in [0.717, 1.165) is 54.5 Å². The van der Waals surface area contributed by atoms with Crippen LogP contribution in [0.3, 0.4) is 0 Å². The molecule has 0 spiro atoms. The summed E-state index contributed by atoms with van der Waals surface area (Å²) < 4.78 is 7.38. The van der Waals surface area contributed by atoms with Gasteiger partial charge >= 0.3 is 0 Å². The number of aromatic nitrogens is 3. The summed E-state index contributed by atoms with van der Waals surface area (Å²) in [6.45, 7) is 8.90. The Morgan fingerprint density at radius 3 is 2.72 bits per heavy atom. The number of thiophene rings is 1. The molecule has 0 aliphatic carbocycles. The summed E-state index contributed by atoms with van der Waals surface area (Å²) in [5, 5.41) is 11.3. The molecular formula is C23H25N5O2S2. The highest BCUT2D eigenvalue weighted by atomic mass is 32.1. The first kappa shape index (κ1) is 21.3. The number of hydrogen-bond donors (Lipinski definition) is 1. The minimum Gasteiger partial charge on any atom is -0.379 e. The van der Waals surface area contributed by atoms with Crippen molar-refractivity contribution in [1.82, 2.24) is 19.7 Å². The lowest BCUT2D eigenvalue weighted by Crippen LogP contribution is -2.35. The van der Waals surface area contributed by atoms with Gasteiger partial charge in [0.1, 0.15) is 4.83 Å². The molecule has 1 aliphatic heterocycles. The average Bonchev–Trinajstić information content (AvgIpc) is 3.49. The van der Waals surface area contributed by atoms with Crippen molar-refractivity contribution in [2.75, 3.05) is 31.6 Å². The number of anilines is 1. The summed E-state index contributed by atoms with van der Waals surface area (Å²) >= 11 is 2.94. The lowest BCUT2D eigenvalue weighted by Gasteiger charge is -2.25. The Morgan fingerprint density at radius 1 is 1.16 bits per heavy atom. The third-order valence-electron chi connectivity index (χ3n) is 5.55. The minimum absolute atomic E-state index is 0.125. The minimum atomic E-state index is -0.125. The van der Waals surface area contributed by atoms with Crippen LogP contribution in [-0.2, 0) is 17.8 Å². The van der Waals surface area contributed by atoms with Crippen molar-refractivity contribution in [3.63, 3.8) is 0 Å². The number of thiazole rings is 1. The first-order valence-corrected chi connectivity index (χ1v) is 12.3. The Labute approximate surface area is 194 Å². The average molecular weight is 468 g/mol. The molecule has 0 bridgehead atoms. The molecule has 1 aromatic carbocycles. The molecule has 3 aromatic heterocycles. The maximum absolute atomic E-state index is 12.9. The quantitative estimate of drug-likeness (QED) is 0.458. The van der Waals surface area contributed by atoms with Crippen LogP contribution in [0.5, 0.6) is 0 Å². The van der Waals surface area contributed by atoms with Crippen LogP contribution in [0.1, 0.15) is 32.2 Å². The van der Waals surface area contributed by atoms with Crippen LogP contribution in [0.25, 0.3) is 10.2 Å². The first-order chi connectivity index (χ1) is 15.5. The highest BCUT2D eigenvalue weighted by Gasteiger charge is 2.18. The zero-order valence-corrected chi connectivity index (χ0v) is 19.8. The van der Waals surface area contributed by atoms with Gasteiger partial charge in [-0.2, -0.15) is 5.10 Å². The van der Waals surface area contributed by atoms with Gasteiger partial charge in [-0.25, -0.2) is 4.98 Å². The molecule has 1 N–H and O–H groups in total. The molecule has 5 rings (SSSR count). The zero-order valence-electron chi connectivity index (χ0n) is 18.1. The van der Waals surface area contributed by atoms with E-state index >= 15 is 0 Å². The van der Waals surface area contributed by atoms with Crippen LogP contribution in [0.4, 0.5) is 5.13 Å². The number of hydrogen-bond acceptors (Lipinski definition) is 7. The van der Waals surface area contributed by atoms with Gasteiger partial charge in [-0.05, 0) is 25.5 Å². The highest BCUT2D eigenvalue weighted by Crippen LogP contribution is 2.30. The highest BCUT2D eigenvalue weighted by molar-refractivity contribution is 7.20. The van der Waals surface area contributed by atoms with Crippen molar-refractivity contribution in [3.8, 4) is 0 Å². The van der Waals surface area contributed by atoms with Crippen LogP contribution >= 0.6 is 22.7 Å². The summed E-state index contributed by atoms with van der Waals surface area (Å²) in [6.07, 6.45) is 0. The first-order valence-electron chi connectivity index (χ1n) is 10.6. The standard InChI is InChI=1S/C23H25N5O2S2/c1-15-3-5-17(6-4-15)12-28-22-19(16(2)26-28)11-20(32-22)21(29)25-23-24-18(14-31-23)13-27-7-9-30-10-8-27/h3-6,11,14H,7-10,12-13H2,1-2H3,(H,24,25,29). The molecule has 7 nitrogen and oxygen atoms in total. The molecule has 4 aromatic rings. The van der Waals surface area contributed by atoms with E-state index in [0.29, 0.717) is 16.6 Å².